The molecule has 3 rings (SSSR count). The summed E-state index contributed by atoms with van der Waals surface area (Å²) in [5, 5.41) is 8.53. The minimum absolute atomic E-state index is 0.905. The van der Waals surface area contributed by atoms with Crippen LogP contribution < -0.4 is 0 Å². The standard InChI is InChI=1S/C12H15BrN4S/c1-2-11-14-15-12-8-16(5-6-17(11)12)7-9-3-4-10(13)18-9/h3-4H,2,5-8H2,1H3. The van der Waals surface area contributed by atoms with Crippen LogP contribution in [0, 0.1) is 0 Å². The highest BCUT2D eigenvalue weighted by Gasteiger charge is 2.20. The Kier molecular flexibility index (Phi) is 3.50. The third-order valence-electron chi connectivity index (χ3n) is 3.23. The maximum absolute atomic E-state index is 4.29. The van der Waals surface area contributed by atoms with Crippen molar-refractivity contribution in [1.29, 1.82) is 0 Å². The second kappa shape index (κ2) is 5.11. The Morgan fingerprint density at radius 3 is 2.94 bits per heavy atom. The topological polar surface area (TPSA) is 34.0 Å². The fourth-order valence-electron chi connectivity index (χ4n) is 2.32. The minimum Gasteiger partial charge on any atom is -0.313 e. The van der Waals surface area contributed by atoms with Gasteiger partial charge in [0.05, 0.1) is 10.3 Å². The van der Waals surface area contributed by atoms with E-state index in [-0.39, 0.29) is 0 Å². The van der Waals surface area contributed by atoms with Crippen LogP contribution in [0.1, 0.15) is 23.4 Å². The molecule has 96 valence electrons. The number of fused-ring (bicyclic) bond motifs is 1. The highest BCUT2D eigenvalue weighted by Crippen LogP contribution is 2.24. The molecule has 0 bridgehead atoms. The first-order chi connectivity index (χ1) is 8.76. The zero-order chi connectivity index (χ0) is 12.5. The summed E-state index contributed by atoms with van der Waals surface area (Å²) in [5.74, 6) is 2.22. The quantitative estimate of drug-likeness (QED) is 0.869. The molecule has 4 nitrogen and oxygen atoms in total. The number of halogens is 1. The first-order valence-electron chi connectivity index (χ1n) is 6.14. The summed E-state index contributed by atoms with van der Waals surface area (Å²) in [5.41, 5.74) is 0. The Hall–Kier alpha value is -0.720. The van der Waals surface area contributed by atoms with Crippen molar-refractivity contribution in [3.63, 3.8) is 0 Å². The molecule has 1 aliphatic heterocycles. The molecular weight excluding hydrogens is 312 g/mol. The molecule has 0 radical (unpaired) electrons. The van der Waals surface area contributed by atoms with Crippen molar-refractivity contribution in [1.82, 2.24) is 19.7 Å². The van der Waals surface area contributed by atoms with Gasteiger partial charge in [-0.2, -0.15) is 0 Å². The molecule has 0 spiro atoms. The van der Waals surface area contributed by atoms with Crippen molar-refractivity contribution in [3.8, 4) is 0 Å². The number of thiophene rings is 1. The van der Waals surface area contributed by atoms with Gasteiger partial charge in [-0.1, -0.05) is 6.92 Å². The molecule has 18 heavy (non-hydrogen) atoms. The Labute approximate surface area is 119 Å². The highest BCUT2D eigenvalue weighted by atomic mass is 79.9. The maximum Gasteiger partial charge on any atom is 0.147 e. The summed E-state index contributed by atoms with van der Waals surface area (Å²) in [6, 6.07) is 4.30. The van der Waals surface area contributed by atoms with Gasteiger partial charge in [0.25, 0.3) is 0 Å². The number of hydrogen-bond donors (Lipinski definition) is 0. The Bertz CT molecular complexity index is 548. The van der Waals surface area contributed by atoms with Crippen molar-refractivity contribution in [2.75, 3.05) is 6.54 Å². The first-order valence-corrected chi connectivity index (χ1v) is 7.74. The fourth-order valence-corrected chi connectivity index (χ4v) is 3.85. The largest absolute Gasteiger partial charge is 0.313 e. The van der Waals surface area contributed by atoms with Crippen LogP contribution in [0.3, 0.4) is 0 Å². The SMILES string of the molecule is CCc1nnc2n1CCN(Cc1ccc(Br)s1)C2. The average Bonchev–Trinajstić information content (AvgIpc) is 2.95. The van der Waals surface area contributed by atoms with Gasteiger partial charge in [-0.15, -0.1) is 21.5 Å². The van der Waals surface area contributed by atoms with Crippen molar-refractivity contribution in [3.05, 3.63) is 32.4 Å². The van der Waals surface area contributed by atoms with E-state index in [0.29, 0.717) is 0 Å². The lowest BCUT2D eigenvalue weighted by atomic mass is 10.3. The van der Waals surface area contributed by atoms with Crippen molar-refractivity contribution < 1.29 is 0 Å². The predicted molar refractivity (Wildman–Crippen MR) is 75.5 cm³/mol. The lowest BCUT2D eigenvalue weighted by molar-refractivity contribution is 0.209. The van der Waals surface area contributed by atoms with Crippen molar-refractivity contribution >= 4 is 27.3 Å². The molecule has 0 saturated heterocycles. The highest BCUT2D eigenvalue weighted by molar-refractivity contribution is 9.11. The predicted octanol–water partition coefficient (Wildman–Crippen LogP) is 2.68. The molecular formula is C12H15BrN4S. The van der Waals surface area contributed by atoms with E-state index < -0.39 is 0 Å². The third kappa shape index (κ3) is 2.37. The van der Waals surface area contributed by atoms with Crippen LogP contribution in [0.15, 0.2) is 15.9 Å². The van der Waals surface area contributed by atoms with Gasteiger partial charge in [-0.3, -0.25) is 4.90 Å². The minimum atomic E-state index is 0.905. The number of rotatable bonds is 3. The summed E-state index contributed by atoms with van der Waals surface area (Å²) in [7, 11) is 0. The Morgan fingerprint density at radius 1 is 1.33 bits per heavy atom. The lowest BCUT2D eigenvalue weighted by Crippen LogP contribution is -2.33. The van der Waals surface area contributed by atoms with E-state index in [4.69, 9.17) is 0 Å². The van der Waals surface area contributed by atoms with E-state index in [1.165, 1.54) is 8.66 Å². The van der Waals surface area contributed by atoms with Crippen molar-refractivity contribution in [2.24, 2.45) is 0 Å². The zero-order valence-corrected chi connectivity index (χ0v) is 12.7. The van der Waals surface area contributed by atoms with Gasteiger partial charge < -0.3 is 4.57 Å². The van der Waals surface area contributed by atoms with Gasteiger partial charge in [-0.05, 0) is 28.1 Å². The molecule has 0 amide bonds. The molecule has 0 unspecified atom stereocenters. The first kappa shape index (κ1) is 12.3. The molecule has 2 aromatic heterocycles. The van der Waals surface area contributed by atoms with Gasteiger partial charge in [0.1, 0.15) is 11.6 Å². The van der Waals surface area contributed by atoms with Crippen LogP contribution >= 0.6 is 27.3 Å². The van der Waals surface area contributed by atoms with Gasteiger partial charge in [-0.25, -0.2) is 0 Å². The summed E-state index contributed by atoms with van der Waals surface area (Å²) < 4.78 is 3.46. The molecule has 0 atom stereocenters. The second-order valence-corrected chi connectivity index (χ2v) is 7.00. The number of hydrogen-bond acceptors (Lipinski definition) is 4. The molecule has 0 aromatic carbocycles. The summed E-state index contributed by atoms with van der Waals surface area (Å²) in [6.45, 7) is 6.13. The molecule has 1 aliphatic rings. The summed E-state index contributed by atoms with van der Waals surface area (Å²) >= 11 is 5.31. The van der Waals surface area contributed by atoms with Gasteiger partial charge >= 0.3 is 0 Å². The Balaban J connectivity index is 1.71. The Morgan fingerprint density at radius 2 is 2.22 bits per heavy atom. The van der Waals surface area contributed by atoms with E-state index in [9.17, 15) is 0 Å². The van der Waals surface area contributed by atoms with Gasteiger partial charge in [0, 0.05) is 30.9 Å². The van der Waals surface area contributed by atoms with E-state index >= 15 is 0 Å². The fraction of sp³-hybridized carbons (Fsp3) is 0.500. The van der Waals surface area contributed by atoms with Crippen LogP contribution in [0.5, 0.6) is 0 Å². The van der Waals surface area contributed by atoms with E-state index in [1.807, 2.05) is 0 Å². The van der Waals surface area contributed by atoms with E-state index in [0.717, 1.165) is 44.2 Å². The average molecular weight is 327 g/mol. The zero-order valence-electron chi connectivity index (χ0n) is 10.3. The van der Waals surface area contributed by atoms with Crippen LogP contribution in [-0.4, -0.2) is 26.2 Å². The molecule has 2 aromatic rings. The smallest absolute Gasteiger partial charge is 0.147 e. The molecule has 6 heteroatoms. The number of aryl methyl sites for hydroxylation is 1. The lowest BCUT2D eigenvalue weighted by Gasteiger charge is -2.27. The van der Waals surface area contributed by atoms with Crippen LogP contribution in [0.4, 0.5) is 0 Å². The van der Waals surface area contributed by atoms with Crippen LogP contribution in [-0.2, 0) is 26.1 Å². The molecule has 3 heterocycles. The molecule has 0 aliphatic carbocycles. The normalized spacial score (nSPS) is 15.9. The summed E-state index contributed by atoms with van der Waals surface area (Å²) in [6.07, 6.45) is 0.963. The van der Waals surface area contributed by atoms with E-state index in [2.05, 4.69) is 54.7 Å². The number of nitrogens with zero attached hydrogens (tertiary/aromatic N) is 4. The molecule has 0 fully saturated rings. The molecule has 0 saturated carbocycles. The maximum atomic E-state index is 4.29. The van der Waals surface area contributed by atoms with E-state index in [1.54, 1.807) is 11.3 Å². The molecule has 0 N–H and O–H groups in total. The second-order valence-electron chi connectivity index (χ2n) is 4.45. The van der Waals surface area contributed by atoms with Crippen molar-refractivity contribution in [2.45, 2.75) is 33.0 Å². The van der Waals surface area contributed by atoms with Crippen LogP contribution in [0.25, 0.3) is 0 Å². The monoisotopic (exact) mass is 326 g/mol. The van der Waals surface area contributed by atoms with Gasteiger partial charge in [0.2, 0.25) is 0 Å². The summed E-state index contributed by atoms with van der Waals surface area (Å²) in [4.78, 5) is 3.83. The van der Waals surface area contributed by atoms with Gasteiger partial charge in [0.15, 0.2) is 0 Å². The van der Waals surface area contributed by atoms with Crippen LogP contribution in [0.2, 0.25) is 0 Å². The number of aromatic nitrogens is 3. The third-order valence-corrected chi connectivity index (χ3v) is 4.84.